The summed E-state index contributed by atoms with van der Waals surface area (Å²) in [6.07, 6.45) is 4.91. The molecule has 1 N–H and O–H groups in total. The zero-order valence-corrected chi connectivity index (χ0v) is 17.1. The van der Waals surface area contributed by atoms with Crippen molar-refractivity contribution in [2.24, 2.45) is 7.05 Å². The number of pyridine rings is 1. The highest BCUT2D eigenvalue weighted by Crippen LogP contribution is 2.34. The molecule has 4 rings (SSSR count). The Morgan fingerprint density at radius 1 is 1.26 bits per heavy atom. The smallest absolute Gasteiger partial charge is 0.284 e. The van der Waals surface area contributed by atoms with Crippen LogP contribution >= 0.6 is 11.8 Å². The summed E-state index contributed by atoms with van der Waals surface area (Å²) in [6, 6.07) is 11.5. The van der Waals surface area contributed by atoms with Crippen LogP contribution in [0.15, 0.2) is 71.2 Å². The molecule has 3 aromatic heterocycles. The lowest BCUT2D eigenvalue weighted by molar-refractivity contribution is -0.387. The number of rotatable bonds is 7. The lowest BCUT2D eigenvalue weighted by atomic mass is 10.2. The van der Waals surface area contributed by atoms with Crippen LogP contribution in [0.2, 0.25) is 0 Å². The predicted molar refractivity (Wildman–Crippen MR) is 112 cm³/mol. The Morgan fingerprint density at radius 2 is 2.13 bits per heavy atom. The number of hydrogen-bond donors (Lipinski definition) is 1. The minimum absolute atomic E-state index is 0.147. The van der Waals surface area contributed by atoms with Crippen molar-refractivity contribution in [3.63, 3.8) is 0 Å². The molecule has 3 heterocycles. The van der Waals surface area contributed by atoms with Crippen LogP contribution in [0.1, 0.15) is 16.1 Å². The lowest BCUT2D eigenvalue weighted by Gasteiger charge is -2.06. The van der Waals surface area contributed by atoms with Crippen LogP contribution in [-0.4, -0.2) is 40.4 Å². The fraction of sp³-hybridized carbons (Fsp3) is 0.105. The number of carbonyl (C=O) groups excluding carboxylic acids is 1. The topological polar surface area (TPSA) is 134 Å². The first-order valence-corrected chi connectivity index (χ1v) is 9.86. The quantitative estimate of drug-likeness (QED) is 0.345. The zero-order valence-electron chi connectivity index (χ0n) is 16.2. The molecule has 0 fully saturated rings. The molecule has 12 heteroatoms. The average molecular weight is 436 g/mol. The Balaban J connectivity index is 1.49. The fourth-order valence-corrected chi connectivity index (χ4v) is 3.56. The Hall–Kier alpha value is -4.06. The number of hydrogen-bond acceptors (Lipinski definition) is 8. The second-order valence-electron chi connectivity index (χ2n) is 6.44. The van der Waals surface area contributed by atoms with E-state index in [1.54, 1.807) is 34.8 Å². The highest BCUT2D eigenvalue weighted by atomic mass is 32.2. The van der Waals surface area contributed by atoms with E-state index < -0.39 is 10.8 Å². The van der Waals surface area contributed by atoms with E-state index in [0.717, 1.165) is 17.5 Å². The van der Waals surface area contributed by atoms with Crippen molar-refractivity contribution in [3.05, 3.63) is 82.6 Å². The van der Waals surface area contributed by atoms with Crippen molar-refractivity contribution in [3.8, 4) is 0 Å². The van der Waals surface area contributed by atoms with Crippen LogP contribution in [-0.2, 0) is 13.6 Å². The van der Waals surface area contributed by atoms with Crippen molar-refractivity contribution in [2.75, 3.05) is 5.32 Å². The normalized spacial score (nSPS) is 10.7. The van der Waals surface area contributed by atoms with Crippen molar-refractivity contribution >= 4 is 29.2 Å². The highest BCUT2D eigenvalue weighted by Gasteiger charge is 2.20. The molecule has 0 radical (unpaired) electrons. The summed E-state index contributed by atoms with van der Waals surface area (Å²) in [6.45, 7) is 0.455. The zero-order chi connectivity index (χ0) is 21.8. The van der Waals surface area contributed by atoms with Gasteiger partial charge in [-0.1, -0.05) is 6.07 Å². The SMILES string of the molecule is Cn1cnnc1Sc1ccc(C(=O)Nc2ccn(Cc3ccccn3)n2)cc1[N+](=O)[O-]. The second kappa shape index (κ2) is 8.75. The van der Waals surface area contributed by atoms with E-state index in [1.807, 2.05) is 18.2 Å². The van der Waals surface area contributed by atoms with Crippen molar-refractivity contribution in [1.29, 1.82) is 0 Å². The Morgan fingerprint density at radius 3 is 2.84 bits per heavy atom. The van der Waals surface area contributed by atoms with Crippen molar-refractivity contribution in [1.82, 2.24) is 29.5 Å². The monoisotopic (exact) mass is 436 g/mol. The highest BCUT2D eigenvalue weighted by molar-refractivity contribution is 7.99. The average Bonchev–Trinajstić information content (AvgIpc) is 3.37. The summed E-state index contributed by atoms with van der Waals surface area (Å²) >= 11 is 1.10. The van der Waals surface area contributed by atoms with Gasteiger partial charge >= 0.3 is 0 Å². The van der Waals surface area contributed by atoms with E-state index in [0.29, 0.717) is 22.4 Å². The van der Waals surface area contributed by atoms with Gasteiger partial charge in [-0.2, -0.15) is 5.10 Å². The number of aryl methyl sites for hydroxylation is 1. The molecule has 11 nitrogen and oxygen atoms in total. The van der Waals surface area contributed by atoms with E-state index >= 15 is 0 Å². The first-order chi connectivity index (χ1) is 15.0. The third-order valence-electron chi connectivity index (χ3n) is 4.22. The van der Waals surface area contributed by atoms with Crippen LogP contribution in [0.5, 0.6) is 0 Å². The number of amides is 1. The molecule has 31 heavy (non-hydrogen) atoms. The van der Waals surface area contributed by atoms with Crippen LogP contribution in [0, 0.1) is 10.1 Å². The number of nitro benzene ring substituents is 1. The number of anilines is 1. The minimum Gasteiger partial charge on any atom is -0.311 e. The van der Waals surface area contributed by atoms with Gasteiger partial charge in [0.1, 0.15) is 6.33 Å². The van der Waals surface area contributed by atoms with Gasteiger partial charge in [0.25, 0.3) is 11.6 Å². The van der Waals surface area contributed by atoms with Crippen molar-refractivity contribution < 1.29 is 9.72 Å². The summed E-state index contributed by atoms with van der Waals surface area (Å²) in [5.74, 6) is -0.164. The largest absolute Gasteiger partial charge is 0.311 e. The van der Waals surface area contributed by atoms with Gasteiger partial charge in [-0.05, 0) is 36.0 Å². The van der Waals surface area contributed by atoms with Gasteiger partial charge in [-0.15, -0.1) is 10.2 Å². The predicted octanol–water partition coefficient (Wildman–Crippen LogP) is 2.77. The Kier molecular flexibility index (Phi) is 5.71. The maximum absolute atomic E-state index is 12.6. The summed E-state index contributed by atoms with van der Waals surface area (Å²) in [7, 11) is 1.74. The Bertz CT molecular complexity index is 1240. The maximum atomic E-state index is 12.6. The minimum atomic E-state index is -0.531. The van der Waals surface area contributed by atoms with Crippen LogP contribution in [0.4, 0.5) is 11.5 Å². The number of benzene rings is 1. The summed E-state index contributed by atoms with van der Waals surface area (Å²) < 4.78 is 3.29. The van der Waals surface area contributed by atoms with Crippen molar-refractivity contribution in [2.45, 2.75) is 16.6 Å². The summed E-state index contributed by atoms with van der Waals surface area (Å²) in [4.78, 5) is 28.2. The molecule has 4 aromatic rings. The molecule has 1 amide bonds. The molecular formula is C19H16N8O3S. The van der Waals surface area contributed by atoms with Crippen LogP contribution in [0.3, 0.4) is 0 Å². The van der Waals surface area contributed by atoms with Crippen LogP contribution in [0.25, 0.3) is 0 Å². The lowest BCUT2D eigenvalue weighted by Crippen LogP contribution is -2.13. The van der Waals surface area contributed by atoms with Gasteiger partial charge in [-0.25, -0.2) is 0 Å². The Labute approximate surface area is 180 Å². The molecule has 0 saturated heterocycles. The molecule has 0 unspecified atom stereocenters. The summed E-state index contributed by atoms with van der Waals surface area (Å²) in [5.41, 5.74) is 0.782. The first-order valence-electron chi connectivity index (χ1n) is 9.04. The fourth-order valence-electron chi connectivity index (χ4n) is 2.71. The van der Waals surface area contributed by atoms with Gasteiger partial charge < -0.3 is 9.88 Å². The molecule has 0 spiro atoms. The molecule has 0 aliphatic carbocycles. The van der Waals surface area contributed by atoms with Gasteiger partial charge in [0.05, 0.1) is 22.1 Å². The molecule has 0 bridgehead atoms. The molecule has 1 aromatic carbocycles. The van der Waals surface area contributed by atoms with E-state index in [2.05, 4.69) is 25.6 Å². The third-order valence-corrected chi connectivity index (χ3v) is 5.34. The van der Waals surface area contributed by atoms with E-state index in [1.165, 1.54) is 24.5 Å². The summed E-state index contributed by atoms with van der Waals surface area (Å²) in [5, 5.41) is 26.7. The van der Waals surface area contributed by atoms with Crippen LogP contribution < -0.4 is 5.32 Å². The molecule has 156 valence electrons. The third kappa shape index (κ3) is 4.75. The number of nitrogens with one attached hydrogen (secondary N) is 1. The molecular weight excluding hydrogens is 420 g/mol. The van der Waals surface area contributed by atoms with Gasteiger partial charge in [0, 0.05) is 37.1 Å². The van der Waals surface area contributed by atoms with E-state index in [9.17, 15) is 14.9 Å². The van der Waals surface area contributed by atoms with E-state index in [-0.39, 0.29) is 11.3 Å². The molecule has 0 aliphatic rings. The van der Waals surface area contributed by atoms with Gasteiger partial charge in [0.2, 0.25) is 0 Å². The van der Waals surface area contributed by atoms with Gasteiger partial charge in [-0.3, -0.25) is 24.6 Å². The maximum Gasteiger partial charge on any atom is 0.284 e. The first kappa shape index (κ1) is 20.2. The number of aromatic nitrogens is 6. The molecule has 0 atom stereocenters. The second-order valence-corrected chi connectivity index (χ2v) is 7.45. The number of carbonyl (C=O) groups is 1. The number of nitrogens with zero attached hydrogens (tertiary/aromatic N) is 7. The number of nitro groups is 1. The molecule has 0 saturated carbocycles. The standard InChI is InChI=1S/C19H16N8O3S/c1-25-12-21-23-19(25)31-16-6-5-13(10-15(16)27(29)30)18(28)22-17-7-9-26(24-17)11-14-4-2-3-8-20-14/h2-10,12H,11H2,1H3,(H,22,24,28). The molecule has 0 aliphatic heterocycles. The van der Waals surface area contributed by atoms with E-state index in [4.69, 9.17) is 0 Å². The van der Waals surface area contributed by atoms with Gasteiger partial charge in [0.15, 0.2) is 11.0 Å².